The summed E-state index contributed by atoms with van der Waals surface area (Å²) in [5, 5.41) is 3.00. The minimum Gasteiger partial charge on any atom is -0.356 e. The monoisotopic (exact) mass is 405 g/mol. The van der Waals surface area contributed by atoms with Crippen molar-refractivity contribution < 1.29 is 4.79 Å². The molecule has 4 heteroatoms. The van der Waals surface area contributed by atoms with E-state index in [0.717, 1.165) is 56.5 Å². The van der Waals surface area contributed by atoms with Crippen LogP contribution in [0.4, 0.5) is 0 Å². The third kappa shape index (κ3) is 5.94. The van der Waals surface area contributed by atoms with Crippen LogP contribution in [-0.4, -0.2) is 22.0 Å². The zero-order valence-electron chi connectivity index (χ0n) is 18.7. The molecule has 3 aromatic rings. The Hall–Kier alpha value is -2.62. The van der Waals surface area contributed by atoms with Crippen LogP contribution in [-0.2, 0) is 17.8 Å². The van der Waals surface area contributed by atoms with Gasteiger partial charge >= 0.3 is 0 Å². The molecule has 1 amide bonds. The van der Waals surface area contributed by atoms with E-state index in [0.29, 0.717) is 12.3 Å². The highest BCUT2D eigenvalue weighted by molar-refractivity contribution is 5.76. The maximum absolute atomic E-state index is 11.5. The van der Waals surface area contributed by atoms with Gasteiger partial charge < -0.3 is 9.88 Å². The zero-order valence-corrected chi connectivity index (χ0v) is 18.7. The maximum atomic E-state index is 11.5. The zero-order chi connectivity index (χ0) is 21.3. The van der Waals surface area contributed by atoms with E-state index in [1.54, 1.807) is 0 Å². The second-order valence-corrected chi connectivity index (χ2v) is 8.41. The molecule has 0 spiro atoms. The van der Waals surface area contributed by atoms with Gasteiger partial charge in [0.15, 0.2) is 0 Å². The molecule has 0 unspecified atom stereocenters. The van der Waals surface area contributed by atoms with Crippen LogP contribution in [0, 0.1) is 0 Å². The highest BCUT2D eigenvalue weighted by atomic mass is 16.1. The Bertz CT molecular complexity index is 941. The molecule has 1 N–H and O–H groups in total. The quantitative estimate of drug-likeness (QED) is 0.408. The van der Waals surface area contributed by atoms with Crippen LogP contribution in [0.3, 0.4) is 0 Å². The summed E-state index contributed by atoms with van der Waals surface area (Å²) in [5.74, 6) is 1.87. The number of fused-ring (bicyclic) bond motifs is 1. The number of aromatic nitrogens is 2. The molecule has 1 aromatic heterocycles. The molecule has 3 rings (SSSR count). The van der Waals surface area contributed by atoms with Crippen LogP contribution in [0.2, 0.25) is 0 Å². The van der Waals surface area contributed by atoms with Gasteiger partial charge in [0, 0.05) is 25.9 Å². The van der Waals surface area contributed by atoms with Gasteiger partial charge in [0.25, 0.3) is 0 Å². The van der Waals surface area contributed by atoms with E-state index in [2.05, 4.69) is 72.3 Å². The summed E-state index contributed by atoms with van der Waals surface area (Å²) in [5.41, 5.74) is 4.95. The molecule has 0 saturated heterocycles. The van der Waals surface area contributed by atoms with Gasteiger partial charge in [-0.3, -0.25) is 4.79 Å². The summed E-state index contributed by atoms with van der Waals surface area (Å²) in [4.78, 5) is 16.5. The lowest BCUT2D eigenvalue weighted by molar-refractivity contribution is -0.121. The number of benzene rings is 2. The van der Waals surface area contributed by atoms with Crippen molar-refractivity contribution in [2.45, 2.75) is 71.8 Å². The largest absolute Gasteiger partial charge is 0.356 e. The number of hydrogen-bond acceptors (Lipinski definition) is 2. The van der Waals surface area contributed by atoms with E-state index in [1.807, 2.05) is 6.92 Å². The topological polar surface area (TPSA) is 46.9 Å². The van der Waals surface area contributed by atoms with Crippen molar-refractivity contribution in [2.24, 2.45) is 0 Å². The smallest absolute Gasteiger partial charge is 0.219 e. The lowest BCUT2D eigenvalue weighted by atomic mass is 10.0. The minimum absolute atomic E-state index is 0.169. The molecule has 0 saturated carbocycles. The SMILES string of the molecule is CCCC(=O)NCCCCCc1nc2ccccc2n1Cc1ccc(C(C)C)cc1. The number of carbonyl (C=O) groups excluding carboxylic acids is 1. The lowest BCUT2D eigenvalue weighted by Gasteiger charge is -2.11. The van der Waals surface area contributed by atoms with Crippen molar-refractivity contribution in [3.05, 3.63) is 65.5 Å². The van der Waals surface area contributed by atoms with Crippen molar-refractivity contribution in [3.8, 4) is 0 Å². The second-order valence-electron chi connectivity index (χ2n) is 8.41. The molecule has 2 aromatic carbocycles. The molecular weight excluding hydrogens is 370 g/mol. The molecule has 0 aliphatic rings. The third-order valence-corrected chi connectivity index (χ3v) is 5.60. The first kappa shape index (κ1) is 22.1. The summed E-state index contributed by atoms with van der Waals surface area (Å²) in [7, 11) is 0. The van der Waals surface area contributed by atoms with E-state index < -0.39 is 0 Å². The first-order valence-electron chi connectivity index (χ1n) is 11.4. The molecular formula is C26H35N3O. The number of amides is 1. The highest BCUT2D eigenvalue weighted by Gasteiger charge is 2.11. The number of hydrogen-bond donors (Lipinski definition) is 1. The van der Waals surface area contributed by atoms with E-state index in [1.165, 1.54) is 16.6 Å². The Morgan fingerprint density at radius 3 is 2.53 bits per heavy atom. The van der Waals surface area contributed by atoms with Gasteiger partial charge in [-0.2, -0.15) is 0 Å². The number of unbranched alkanes of at least 4 members (excludes halogenated alkanes) is 2. The van der Waals surface area contributed by atoms with E-state index in [4.69, 9.17) is 4.98 Å². The summed E-state index contributed by atoms with van der Waals surface area (Å²) < 4.78 is 2.36. The summed E-state index contributed by atoms with van der Waals surface area (Å²) in [6, 6.07) is 17.4. The lowest BCUT2D eigenvalue weighted by Crippen LogP contribution is -2.23. The van der Waals surface area contributed by atoms with Gasteiger partial charge in [-0.1, -0.05) is 63.6 Å². The van der Waals surface area contributed by atoms with E-state index in [9.17, 15) is 4.79 Å². The minimum atomic E-state index is 0.169. The molecule has 160 valence electrons. The van der Waals surface area contributed by atoms with Gasteiger partial charge in [-0.25, -0.2) is 4.98 Å². The molecule has 0 aliphatic carbocycles. The predicted molar refractivity (Wildman–Crippen MR) is 125 cm³/mol. The van der Waals surface area contributed by atoms with E-state index >= 15 is 0 Å². The number of nitrogens with one attached hydrogen (secondary N) is 1. The van der Waals surface area contributed by atoms with Gasteiger partial charge in [0.2, 0.25) is 5.91 Å². The molecule has 0 fully saturated rings. The van der Waals surface area contributed by atoms with E-state index in [-0.39, 0.29) is 5.91 Å². The molecule has 0 atom stereocenters. The highest BCUT2D eigenvalue weighted by Crippen LogP contribution is 2.21. The fourth-order valence-corrected chi connectivity index (χ4v) is 3.81. The van der Waals surface area contributed by atoms with Crippen molar-refractivity contribution in [1.82, 2.24) is 14.9 Å². The molecule has 0 aliphatic heterocycles. The molecule has 30 heavy (non-hydrogen) atoms. The fourth-order valence-electron chi connectivity index (χ4n) is 3.81. The van der Waals surface area contributed by atoms with Crippen molar-refractivity contribution in [1.29, 1.82) is 0 Å². The van der Waals surface area contributed by atoms with Crippen molar-refractivity contribution in [3.63, 3.8) is 0 Å². The number of rotatable bonds is 11. The van der Waals surface area contributed by atoms with Gasteiger partial charge in [-0.05, 0) is 48.4 Å². The van der Waals surface area contributed by atoms with Gasteiger partial charge in [-0.15, -0.1) is 0 Å². The second kappa shape index (κ2) is 11.0. The first-order valence-corrected chi connectivity index (χ1v) is 11.4. The number of carbonyl (C=O) groups is 1. The Kier molecular flexibility index (Phi) is 8.06. The number of imidazole rings is 1. The standard InChI is InChI=1S/C26H35N3O/c1-4-10-26(30)27-18-9-5-6-13-25-28-23-11-7-8-12-24(23)29(25)19-21-14-16-22(17-15-21)20(2)3/h7-8,11-12,14-17,20H,4-6,9-10,13,18-19H2,1-3H3,(H,27,30). The van der Waals surface area contributed by atoms with Crippen molar-refractivity contribution >= 4 is 16.9 Å². The Morgan fingerprint density at radius 2 is 1.80 bits per heavy atom. The molecule has 4 nitrogen and oxygen atoms in total. The van der Waals surface area contributed by atoms with Crippen LogP contribution in [0.1, 0.15) is 75.7 Å². The average Bonchev–Trinajstić information content (AvgIpc) is 3.08. The van der Waals surface area contributed by atoms with Crippen LogP contribution in [0.15, 0.2) is 48.5 Å². The first-order chi connectivity index (χ1) is 14.6. The Labute approximate surface area is 180 Å². The third-order valence-electron chi connectivity index (χ3n) is 5.60. The van der Waals surface area contributed by atoms with Crippen LogP contribution < -0.4 is 5.32 Å². The summed E-state index contributed by atoms with van der Waals surface area (Å²) in [6.45, 7) is 8.11. The molecule has 1 heterocycles. The van der Waals surface area contributed by atoms with Crippen LogP contribution >= 0.6 is 0 Å². The summed E-state index contributed by atoms with van der Waals surface area (Å²) >= 11 is 0. The summed E-state index contributed by atoms with van der Waals surface area (Å²) in [6.07, 6.45) is 5.69. The van der Waals surface area contributed by atoms with Crippen LogP contribution in [0.25, 0.3) is 11.0 Å². The number of nitrogens with zero attached hydrogens (tertiary/aromatic N) is 2. The van der Waals surface area contributed by atoms with Crippen LogP contribution in [0.5, 0.6) is 0 Å². The Morgan fingerprint density at radius 1 is 1.03 bits per heavy atom. The molecule has 0 bridgehead atoms. The fraction of sp³-hybridized carbons (Fsp3) is 0.462. The normalized spacial score (nSPS) is 11.3. The van der Waals surface area contributed by atoms with Crippen molar-refractivity contribution in [2.75, 3.05) is 6.54 Å². The molecule has 0 radical (unpaired) electrons. The number of aryl methyl sites for hydroxylation is 1. The maximum Gasteiger partial charge on any atom is 0.219 e. The predicted octanol–water partition coefficient (Wildman–Crippen LogP) is 5.84. The van der Waals surface area contributed by atoms with Gasteiger partial charge in [0.1, 0.15) is 5.82 Å². The number of para-hydroxylation sites is 2. The average molecular weight is 406 g/mol. The van der Waals surface area contributed by atoms with Gasteiger partial charge in [0.05, 0.1) is 11.0 Å². The Balaban J connectivity index is 1.62.